The van der Waals surface area contributed by atoms with E-state index in [1.807, 2.05) is 36.4 Å². The van der Waals surface area contributed by atoms with Crippen LogP contribution in [-0.2, 0) is 0 Å². The number of hydrogen-bond donors (Lipinski definition) is 0. The van der Waals surface area contributed by atoms with Crippen LogP contribution in [-0.4, -0.2) is 16.5 Å². The van der Waals surface area contributed by atoms with Gasteiger partial charge >= 0.3 is 0 Å². The van der Waals surface area contributed by atoms with E-state index in [1.165, 1.54) is 24.0 Å². The van der Waals surface area contributed by atoms with Gasteiger partial charge in [0.15, 0.2) is 0 Å². The van der Waals surface area contributed by atoms with Gasteiger partial charge in [-0.1, -0.05) is 62.2 Å². The molecule has 0 unspecified atom stereocenters. The maximum atomic E-state index is 10.8. The number of benzene rings is 2. The van der Waals surface area contributed by atoms with Crippen LogP contribution in [0.5, 0.6) is 0 Å². The molecule has 1 heterocycles. The van der Waals surface area contributed by atoms with E-state index in [0.717, 1.165) is 24.7 Å². The summed E-state index contributed by atoms with van der Waals surface area (Å²) in [5.41, 5.74) is 3.80. The third-order valence-electron chi connectivity index (χ3n) is 4.23. The van der Waals surface area contributed by atoms with Crippen molar-refractivity contribution in [2.75, 3.05) is 0 Å². The van der Waals surface area contributed by atoms with Crippen LogP contribution < -0.4 is 0 Å². The van der Waals surface area contributed by atoms with Crippen LogP contribution in [0.1, 0.15) is 54.4 Å². The zero-order chi connectivity index (χ0) is 18.2. The van der Waals surface area contributed by atoms with E-state index in [-0.39, 0.29) is 0 Å². The largest absolute Gasteiger partial charge is 0.417 e. The van der Waals surface area contributed by atoms with Crippen LogP contribution >= 0.6 is 0 Å². The van der Waals surface area contributed by atoms with Gasteiger partial charge in [-0.2, -0.15) is 0 Å². The van der Waals surface area contributed by atoms with Gasteiger partial charge in [0.25, 0.3) is 0 Å². The van der Waals surface area contributed by atoms with Crippen LogP contribution in [0.4, 0.5) is 0 Å². The Bertz CT molecular complexity index is 865. The minimum Gasteiger partial charge on any atom is -0.417 e. The molecule has 0 saturated carbocycles. The summed E-state index contributed by atoms with van der Waals surface area (Å²) in [6.07, 6.45) is 7.27. The Hall–Kier alpha value is -3.01. The van der Waals surface area contributed by atoms with E-state index in [9.17, 15) is 4.79 Å². The maximum Gasteiger partial charge on any atom is 0.248 e. The van der Waals surface area contributed by atoms with Crippen molar-refractivity contribution in [2.24, 2.45) is 0 Å². The van der Waals surface area contributed by atoms with Crippen molar-refractivity contribution in [2.45, 2.75) is 32.6 Å². The van der Waals surface area contributed by atoms with Crippen molar-refractivity contribution in [3.8, 4) is 11.5 Å². The Kier molecular flexibility index (Phi) is 6.09. The van der Waals surface area contributed by atoms with Crippen LogP contribution in [0, 0.1) is 0 Å². The second-order valence-corrected chi connectivity index (χ2v) is 6.18. The molecule has 0 atom stereocenters. The van der Waals surface area contributed by atoms with Crippen LogP contribution in [0.25, 0.3) is 23.1 Å². The van der Waals surface area contributed by atoms with Crippen LogP contribution in [0.3, 0.4) is 0 Å². The first-order valence-electron chi connectivity index (χ1n) is 8.95. The molecule has 0 fully saturated rings. The fourth-order valence-corrected chi connectivity index (χ4v) is 2.78. The molecule has 0 saturated heterocycles. The van der Waals surface area contributed by atoms with E-state index in [1.54, 1.807) is 12.1 Å². The van der Waals surface area contributed by atoms with E-state index < -0.39 is 0 Å². The highest BCUT2D eigenvalue weighted by molar-refractivity contribution is 5.79. The van der Waals surface area contributed by atoms with Gasteiger partial charge in [-0.3, -0.25) is 4.79 Å². The molecule has 0 spiro atoms. The standard InChI is InChI=1S/C22H22N2O2/c1-2-3-5-10-20(18-8-6-4-7-9-18)15-21-23-24-22(26-21)19-13-11-17(16-25)12-14-19/h4,6-9,11-16H,2-3,5,10H2,1H3/b20-15-. The van der Waals surface area contributed by atoms with Gasteiger partial charge in [0.2, 0.25) is 11.8 Å². The lowest BCUT2D eigenvalue weighted by Crippen LogP contribution is -1.86. The van der Waals surface area contributed by atoms with Crippen molar-refractivity contribution in [3.05, 3.63) is 71.6 Å². The van der Waals surface area contributed by atoms with Gasteiger partial charge in [0, 0.05) is 17.2 Å². The fourth-order valence-electron chi connectivity index (χ4n) is 2.78. The lowest BCUT2D eigenvalue weighted by molar-refractivity contribution is 0.112. The van der Waals surface area contributed by atoms with Gasteiger partial charge in [-0.15, -0.1) is 10.2 Å². The molecule has 0 aliphatic carbocycles. The molecule has 0 aliphatic rings. The Balaban J connectivity index is 1.85. The molecular weight excluding hydrogens is 324 g/mol. The van der Waals surface area contributed by atoms with Crippen LogP contribution in [0.2, 0.25) is 0 Å². The van der Waals surface area contributed by atoms with Crippen LogP contribution in [0.15, 0.2) is 59.0 Å². The Labute approximate surface area is 153 Å². The van der Waals surface area contributed by atoms with E-state index >= 15 is 0 Å². The zero-order valence-electron chi connectivity index (χ0n) is 14.9. The second kappa shape index (κ2) is 8.90. The minimum absolute atomic E-state index is 0.453. The molecule has 2 aromatic carbocycles. The number of hydrogen-bond acceptors (Lipinski definition) is 4. The van der Waals surface area contributed by atoms with Gasteiger partial charge in [0.1, 0.15) is 6.29 Å². The number of nitrogens with zero attached hydrogens (tertiary/aromatic N) is 2. The molecule has 0 bridgehead atoms. The average Bonchev–Trinajstić information content (AvgIpc) is 3.17. The first-order valence-corrected chi connectivity index (χ1v) is 8.95. The molecule has 3 rings (SSSR count). The summed E-state index contributed by atoms with van der Waals surface area (Å²) in [5.74, 6) is 0.949. The summed E-state index contributed by atoms with van der Waals surface area (Å²) in [4.78, 5) is 10.8. The zero-order valence-corrected chi connectivity index (χ0v) is 14.9. The highest BCUT2D eigenvalue weighted by Crippen LogP contribution is 2.25. The first-order chi connectivity index (χ1) is 12.8. The van der Waals surface area contributed by atoms with E-state index in [0.29, 0.717) is 17.3 Å². The molecule has 4 nitrogen and oxygen atoms in total. The second-order valence-electron chi connectivity index (χ2n) is 6.18. The summed E-state index contributed by atoms with van der Waals surface area (Å²) in [5, 5.41) is 8.30. The Morgan fingerprint density at radius 3 is 2.46 bits per heavy atom. The number of unbranched alkanes of at least 4 members (excludes halogenated alkanes) is 2. The van der Waals surface area contributed by atoms with Crippen molar-refractivity contribution in [1.29, 1.82) is 0 Å². The topological polar surface area (TPSA) is 56.0 Å². The lowest BCUT2D eigenvalue weighted by Gasteiger charge is -2.06. The SMILES string of the molecule is CCCCC/C(=C/c1nnc(-c2ccc(C=O)cc2)o1)c1ccccc1. The summed E-state index contributed by atoms with van der Waals surface area (Å²) >= 11 is 0. The predicted octanol–water partition coefficient (Wildman–Crippen LogP) is 5.67. The summed E-state index contributed by atoms with van der Waals surface area (Å²) in [6, 6.07) is 17.4. The van der Waals surface area contributed by atoms with Crippen molar-refractivity contribution in [1.82, 2.24) is 10.2 Å². The van der Waals surface area contributed by atoms with Crippen molar-refractivity contribution >= 4 is 17.9 Å². The summed E-state index contributed by atoms with van der Waals surface area (Å²) in [7, 11) is 0. The monoisotopic (exact) mass is 346 g/mol. The number of carbonyl (C=O) groups excluding carboxylic acids is 1. The van der Waals surface area contributed by atoms with Crippen molar-refractivity contribution < 1.29 is 9.21 Å². The molecule has 4 heteroatoms. The molecule has 26 heavy (non-hydrogen) atoms. The maximum absolute atomic E-state index is 10.8. The van der Waals surface area contributed by atoms with E-state index in [2.05, 4.69) is 29.3 Å². The number of carbonyl (C=O) groups is 1. The summed E-state index contributed by atoms with van der Waals surface area (Å²) in [6.45, 7) is 2.20. The number of allylic oxidation sites excluding steroid dienone is 1. The highest BCUT2D eigenvalue weighted by atomic mass is 16.4. The number of aromatic nitrogens is 2. The highest BCUT2D eigenvalue weighted by Gasteiger charge is 2.09. The van der Waals surface area contributed by atoms with E-state index in [4.69, 9.17) is 4.42 Å². The molecule has 132 valence electrons. The molecule has 0 aliphatic heterocycles. The average molecular weight is 346 g/mol. The third-order valence-corrected chi connectivity index (χ3v) is 4.23. The number of rotatable bonds is 8. The third kappa shape index (κ3) is 4.54. The smallest absolute Gasteiger partial charge is 0.248 e. The fraction of sp³-hybridized carbons (Fsp3) is 0.227. The minimum atomic E-state index is 0.453. The Morgan fingerprint density at radius 2 is 1.77 bits per heavy atom. The molecule has 0 amide bonds. The van der Waals surface area contributed by atoms with Gasteiger partial charge < -0.3 is 4.42 Å². The predicted molar refractivity (Wildman–Crippen MR) is 104 cm³/mol. The molecular formula is C22H22N2O2. The molecule has 3 aromatic rings. The molecule has 0 N–H and O–H groups in total. The Morgan fingerprint density at radius 1 is 1.00 bits per heavy atom. The van der Waals surface area contributed by atoms with Gasteiger partial charge in [0.05, 0.1) is 0 Å². The summed E-state index contributed by atoms with van der Waals surface area (Å²) < 4.78 is 5.81. The van der Waals surface area contributed by atoms with Gasteiger partial charge in [-0.05, 0) is 36.1 Å². The quantitative estimate of drug-likeness (QED) is 0.389. The first kappa shape index (κ1) is 17.8. The number of aldehydes is 1. The van der Waals surface area contributed by atoms with Crippen molar-refractivity contribution in [3.63, 3.8) is 0 Å². The lowest BCUT2D eigenvalue weighted by atomic mass is 9.99. The molecule has 0 radical (unpaired) electrons. The normalized spacial score (nSPS) is 11.5. The van der Waals surface area contributed by atoms with Gasteiger partial charge in [-0.25, -0.2) is 0 Å². The molecule has 1 aromatic heterocycles.